The summed E-state index contributed by atoms with van der Waals surface area (Å²) in [5.41, 5.74) is 0. The summed E-state index contributed by atoms with van der Waals surface area (Å²) in [6.45, 7) is 9.86. The SMILES string of the molecule is CCOC(=O)N1CCN(C(=O)C2CCC(C(=O)N(CC)CC)CC2)CC1. The van der Waals surface area contributed by atoms with Gasteiger partial charge < -0.3 is 19.4 Å². The lowest BCUT2D eigenvalue weighted by Gasteiger charge is -2.37. The Morgan fingerprint density at radius 3 is 1.85 bits per heavy atom. The molecule has 1 saturated heterocycles. The lowest BCUT2D eigenvalue weighted by molar-refractivity contribution is -0.142. The molecule has 148 valence electrons. The molecular weight excluding hydrogens is 334 g/mol. The lowest BCUT2D eigenvalue weighted by Crippen LogP contribution is -2.52. The van der Waals surface area contributed by atoms with Crippen molar-refractivity contribution in [3.05, 3.63) is 0 Å². The van der Waals surface area contributed by atoms with Crippen molar-refractivity contribution < 1.29 is 19.1 Å². The molecule has 0 radical (unpaired) electrons. The van der Waals surface area contributed by atoms with Crippen molar-refractivity contribution in [1.82, 2.24) is 14.7 Å². The Labute approximate surface area is 156 Å². The van der Waals surface area contributed by atoms with E-state index in [0.29, 0.717) is 32.8 Å². The van der Waals surface area contributed by atoms with Gasteiger partial charge in [0.05, 0.1) is 6.61 Å². The van der Waals surface area contributed by atoms with Gasteiger partial charge in [-0.1, -0.05) is 0 Å². The van der Waals surface area contributed by atoms with Gasteiger partial charge in [-0.25, -0.2) is 4.79 Å². The van der Waals surface area contributed by atoms with Crippen molar-refractivity contribution >= 4 is 17.9 Å². The molecule has 0 aromatic rings. The van der Waals surface area contributed by atoms with Gasteiger partial charge in [-0.3, -0.25) is 9.59 Å². The molecule has 26 heavy (non-hydrogen) atoms. The standard InChI is InChI=1S/C19H33N3O4/c1-4-20(5-2)17(23)15-7-9-16(10-8-15)18(24)21-11-13-22(14-12-21)19(25)26-6-3/h15-16H,4-14H2,1-3H3. The van der Waals surface area contributed by atoms with Gasteiger partial charge in [-0.15, -0.1) is 0 Å². The maximum Gasteiger partial charge on any atom is 0.409 e. The predicted octanol–water partition coefficient (Wildman–Crippen LogP) is 1.96. The van der Waals surface area contributed by atoms with Gasteiger partial charge >= 0.3 is 6.09 Å². The predicted molar refractivity (Wildman–Crippen MR) is 98.6 cm³/mol. The first-order chi connectivity index (χ1) is 12.5. The van der Waals surface area contributed by atoms with Crippen LogP contribution in [0.3, 0.4) is 0 Å². The molecule has 0 bridgehead atoms. The third kappa shape index (κ3) is 4.89. The van der Waals surface area contributed by atoms with Crippen LogP contribution in [0.4, 0.5) is 4.79 Å². The Balaban J connectivity index is 1.78. The maximum atomic E-state index is 12.8. The summed E-state index contributed by atoms with van der Waals surface area (Å²) >= 11 is 0. The average molecular weight is 367 g/mol. The van der Waals surface area contributed by atoms with Gasteiger partial charge in [0.15, 0.2) is 0 Å². The van der Waals surface area contributed by atoms with E-state index >= 15 is 0 Å². The van der Waals surface area contributed by atoms with Gasteiger partial charge in [-0.05, 0) is 46.5 Å². The van der Waals surface area contributed by atoms with E-state index in [9.17, 15) is 14.4 Å². The molecular formula is C19H33N3O4. The van der Waals surface area contributed by atoms with Crippen molar-refractivity contribution in [3.8, 4) is 0 Å². The molecule has 0 spiro atoms. The smallest absolute Gasteiger partial charge is 0.409 e. The van der Waals surface area contributed by atoms with Crippen molar-refractivity contribution in [2.45, 2.75) is 46.5 Å². The zero-order chi connectivity index (χ0) is 19.1. The zero-order valence-corrected chi connectivity index (χ0v) is 16.4. The van der Waals surface area contributed by atoms with Crippen molar-refractivity contribution in [3.63, 3.8) is 0 Å². The summed E-state index contributed by atoms with van der Waals surface area (Å²) in [7, 11) is 0. The van der Waals surface area contributed by atoms with Crippen LogP contribution < -0.4 is 0 Å². The van der Waals surface area contributed by atoms with E-state index in [0.717, 1.165) is 38.8 Å². The Morgan fingerprint density at radius 1 is 0.846 bits per heavy atom. The quantitative estimate of drug-likeness (QED) is 0.745. The average Bonchev–Trinajstić information content (AvgIpc) is 2.68. The highest BCUT2D eigenvalue weighted by Gasteiger charge is 2.34. The van der Waals surface area contributed by atoms with Crippen LogP contribution in [0.1, 0.15) is 46.5 Å². The Hall–Kier alpha value is -1.79. The van der Waals surface area contributed by atoms with Crippen molar-refractivity contribution in [2.75, 3.05) is 45.9 Å². The molecule has 1 aliphatic carbocycles. The van der Waals surface area contributed by atoms with Crippen LogP contribution in [0.2, 0.25) is 0 Å². The van der Waals surface area contributed by atoms with Crippen molar-refractivity contribution in [1.29, 1.82) is 0 Å². The normalized spacial score (nSPS) is 23.5. The molecule has 0 unspecified atom stereocenters. The van der Waals surface area contributed by atoms with Gasteiger partial charge in [-0.2, -0.15) is 0 Å². The second-order valence-electron chi connectivity index (χ2n) is 7.07. The zero-order valence-electron chi connectivity index (χ0n) is 16.4. The fourth-order valence-electron chi connectivity index (χ4n) is 3.96. The highest BCUT2D eigenvalue weighted by molar-refractivity contribution is 5.81. The maximum absolute atomic E-state index is 12.8. The van der Waals surface area contributed by atoms with Gasteiger partial charge in [0, 0.05) is 51.1 Å². The van der Waals surface area contributed by atoms with Crippen LogP contribution in [0.5, 0.6) is 0 Å². The number of carbonyl (C=O) groups is 3. The topological polar surface area (TPSA) is 70.2 Å². The van der Waals surface area contributed by atoms with E-state index in [2.05, 4.69) is 0 Å². The third-order valence-corrected chi connectivity index (χ3v) is 5.62. The number of hydrogen-bond donors (Lipinski definition) is 0. The van der Waals surface area contributed by atoms with Crippen LogP contribution in [-0.4, -0.2) is 78.5 Å². The third-order valence-electron chi connectivity index (χ3n) is 5.62. The van der Waals surface area contributed by atoms with E-state index < -0.39 is 0 Å². The first-order valence-electron chi connectivity index (χ1n) is 10.0. The molecule has 1 heterocycles. The van der Waals surface area contributed by atoms with Crippen LogP contribution in [0, 0.1) is 11.8 Å². The summed E-state index contributed by atoms with van der Waals surface area (Å²) in [5.74, 6) is 0.510. The summed E-state index contributed by atoms with van der Waals surface area (Å²) in [4.78, 5) is 42.4. The molecule has 1 saturated carbocycles. The molecule has 2 aliphatic rings. The monoisotopic (exact) mass is 367 g/mol. The van der Waals surface area contributed by atoms with Crippen LogP contribution in [0.15, 0.2) is 0 Å². The Kier molecular flexibility index (Phi) is 7.72. The molecule has 3 amide bonds. The fraction of sp³-hybridized carbons (Fsp3) is 0.842. The molecule has 0 N–H and O–H groups in total. The number of rotatable bonds is 5. The molecule has 2 rings (SSSR count). The number of piperazine rings is 1. The van der Waals surface area contributed by atoms with Crippen molar-refractivity contribution in [2.24, 2.45) is 11.8 Å². The first-order valence-corrected chi connectivity index (χ1v) is 10.0. The number of nitrogens with zero attached hydrogens (tertiary/aromatic N) is 3. The molecule has 0 aromatic carbocycles. The Bertz CT molecular complexity index is 491. The number of amides is 3. The molecule has 2 fully saturated rings. The summed E-state index contributed by atoms with van der Waals surface area (Å²) in [6, 6.07) is 0. The van der Waals surface area contributed by atoms with Gasteiger partial charge in [0.25, 0.3) is 0 Å². The minimum atomic E-state index is -0.296. The minimum absolute atomic E-state index is 0.0184. The molecule has 0 aromatic heterocycles. The summed E-state index contributed by atoms with van der Waals surface area (Å²) in [6.07, 6.45) is 2.88. The second kappa shape index (κ2) is 9.78. The number of carbonyl (C=O) groups excluding carboxylic acids is 3. The molecule has 7 nitrogen and oxygen atoms in total. The second-order valence-corrected chi connectivity index (χ2v) is 7.07. The highest BCUT2D eigenvalue weighted by Crippen LogP contribution is 2.31. The number of ether oxygens (including phenoxy) is 1. The summed E-state index contributed by atoms with van der Waals surface area (Å²) in [5, 5.41) is 0. The molecule has 0 atom stereocenters. The molecule has 7 heteroatoms. The van der Waals surface area contributed by atoms with Gasteiger partial charge in [0.2, 0.25) is 11.8 Å². The summed E-state index contributed by atoms with van der Waals surface area (Å²) < 4.78 is 5.01. The van der Waals surface area contributed by atoms with Crippen LogP contribution in [-0.2, 0) is 14.3 Å². The first kappa shape index (κ1) is 20.5. The van der Waals surface area contributed by atoms with E-state index in [1.807, 2.05) is 23.6 Å². The van der Waals surface area contributed by atoms with E-state index in [4.69, 9.17) is 4.74 Å². The largest absolute Gasteiger partial charge is 0.450 e. The molecule has 1 aliphatic heterocycles. The Morgan fingerprint density at radius 2 is 1.35 bits per heavy atom. The minimum Gasteiger partial charge on any atom is -0.450 e. The van der Waals surface area contributed by atoms with E-state index in [-0.39, 0.29) is 29.7 Å². The van der Waals surface area contributed by atoms with E-state index in [1.165, 1.54) is 0 Å². The lowest BCUT2D eigenvalue weighted by atomic mass is 9.80. The fourth-order valence-corrected chi connectivity index (χ4v) is 3.96. The van der Waals surface area contributed by atoms with E-state index in [1.54, 1.807) is 11.8 Å². The highest BCUT2D eigenvalue weighted by atomic mass is 16.6. The van der Waals surface area contributed by atoms with Gasteiger partial charge in [0.1, 0.15) is 0 Å². The number of hydrogen-bond acceptors (Lipinski definition) is 4. The van der Waals surface area contributed by atoms with Crippen LogP contribution in [0.25, 0.3) is 0 Å². The van der Waals surface area contributed by atoms with Crippen LogP contribution >= 0.6 is 0 Å².